The maximum atomic E-state index is 14.2. The van der Waals surface area contributed by atoms with Crippen molar-refractivity contribution in [3.05, 3.63) is 70.6 Å². The molecule has 3 rings (SSSR count). The molecule has 0 fully saturated rings. The highest BCUT2D eigenvalue weighted by atomic mass is 32.1. The summed E-state index contributed by atoms with van der Waals surface area (Å²) in [5, 5.41) is 13.4. The molecule has 7 nitrogen and oxygen atoms in total. The van der Waals surface area contributed by atoms with E-state index in [1.165, 1.54) is 24.6 Å². The Hall–Kier alpha value is -3.84. The molecule has 0 saturated heterocycles. The average molecular weight is 428 g/mol. The van der Waals surface area contributed by atoms with Crippen LogP contribution in [0.3, 0.4) is 0 Å². The van der Waals surface area contributed by atoms with E-state index in [2.05, 4.69) is 10.3 Å². The Balaban J connectivity index is 1.83. The number of benzene rings is 1. The summed E-state index contributed by atoms with van der Waals surface area (Å²) >= 11 is 1.00. The van der Waals surface area contributed by atoms with Gasteiger partial charge in [-0.1, -0.05) is 0 Å². The minimum atomic E-state index is -0.924. The second-order valence-corrected chi connectivity index (χ2v) is 6.77. The first-order valence-electron chi connectivity index (χ1n) is 8.52. The van der Waals surface area contributed by atoms with Crippen LogP contribution >= 0.6 is 11.3 Å². The minimum Gasteiger partial charge on any atom is -0.467 e. The van der Waals surface area contributed by atoms with Crippen LogP contribution in [0, 0.1) is 23.0 Å². The van der Waals surface area contributed by atoms with E-state index in [1.807, 2.05) is 0 Å². The first-order chi connectivity index (χ1) is 14.4. The standard InChI is InChI=1S/C20H14F2N4O3S/c1-12(27)26(18-5-4-14(21)8-17(18)22)20-25-15(11-30-20)7-13(9-23)19(28)24-10-16-3-2-6-29-16/h2-8,11H,10H2,1H3,(H,24,28)/b13-7+. The molecule has 30 heavy (non-hydrogen) atoms. The number of nitriles is 1. The third kappa shape index (κ3) is 4.76. The molecule has 3 aromatic rings. The molecule has 10 heteroatoms. The zero-order valence-electron chi connectivity index (χ0n) is 15.6. The molecule has 2 aromatic heterocycles. The number of hydrogen-bond donors (Lipinski definition) is 1. The predicted molar refractivity (Wildman–Crippen MR) is 105 cm³/mol. The van der Waals surface area contributed by atoms with E-state index in [1.54, 1.807) is 18.2 Å². The van der Waals surface area contributed by atoms with Crippen LogP contribution in [0.25, 0.3) is 6.08 Å². The van der Waals surface area contributed by atoms with Crippen molar-refractivity contribution in [2.45, 2.75) is 13.5 Å². The molecule has 0 spiro atoms. The monoisotopic (exact) mass is 428 g/mol. The lowest BCUT2D eigenvalue weighted by Crippen LogP contribution is -2.24. The number of rotatable bonds is 6. The zero-order chi connectivity index (χ0) is 21.7. The third-order valence-electron chi connectivity index (χ3n) is 3.83. The molecule has 0 bridgehead atoms. The lowest BCUT2D eigenvalue weighted by molar-refractivity contribution is -0.117. The molecule has 152 valence electrons. The molecule has 0 atom stereocenters. The number of anilines is 2. The van der Waals surface area contributed by atoms with Crippen molar-refractivity contribution in [1.82, 2.24) is 10.3 Å². The highest BCUT2D eigenvalue weighted by Crippen LogP contribution is 2.31. The van der Waals surface area contributed by atoms with Gasteiger partial charge in [0, 0.05) is 18.4 Å². The van der Waals surface area contributed by atoms with Crippen LogP contribution in [-0.2, 0) is 16.1 Å². The molecule has 0 radical (unpaired) electrons. The van der Waals surface area contributed by atoms with Gasteiger partial charge in [0.25, 0.3) is 5.91 Å². The Morgan fingerprint density at radius 2 is 2.17 bits per heavy atom. The van der Waals surface area contributed by atoms with Gasteiger partial charge in [-0.25, -0.2) is 13.8 Å². The fourth-order valence-corrected chi connectivity index (χ4v) is 3.32. The van der Waals surface area contributed by atoms with Gasteiger partial charge in [-0.15, -0.1) is 11.3 Å². The summed E-state index contributed by atoms with van der Waals surface area (Å²) in [6.45, 7) is 1.32. The molecule has 0 unspecified atom stereocenters. The van der Waals surface area contributed by atoms with E-state index in [4.69, 9.17) is 4.42 Å². The quantitative estimate of drug-likeness (QED) is 0.474. The average Bonchev–Trinajstić information content (AvgIpc) is 3.38. The van der Waals surface area contributed by atoms with Crippen molar-refractivity contribution in [2.24, 2.45) is 0 Å². The van der Waals surface area contributed by atoms with Crippen LogP contribution in [-0.4, -0.2) is 16.8 Å². The SMILES string of the molecule is CC(=O)N(c1nc(/C=C(\C#N)C(=O)NCc2ccco2)cs1)c1ccc(F)cc1F. The fourth-order valence-electron chi connectivity index (χ4n) is 2.49. The number of halogens is 2. The first-order valence-corrected chi connectivity index (χ1v) is 9.40. The Kier molecular flexibility index (Phi) is 6.34. The Labute approximate surface area is 173 Å². The van der Waals surface area contributed by atoms with Crippen molar-refractivity contribution in [2.75, 3.05) is 4.90 Å². The number of carbonyl (C=O) groups is 2. The molecule has 1 aromatic carbocycles. The number of nitrogens with zero attached hydrogens (tertiary/aromatic N) is 3. The molecule has 1 N–H and O–H groups in total. The van der Waals surface area contributed by atoms with E-state index < -0.39 is 23.4 Å². The van der Waals surface area contributed by atoms with Crippen molar-refractivity contribution >= 4 is 40.0 Å². The molecule has 0 saturated carbocycles. The number of thiazole rings is 1. The van der Waals surface area contributed by atoms with Crippen molar-refractivity contribution < 1.29 is 22.8 Å². The maximum Gasteiger partial charge on any atom is 0.262 e. The maximum absolute atomic E-state index is 14.2. The summed E-state index contributed by atoms with van der Waals surface area (Å²) in [6, 6.07) is 7.96. The van der Waals surface area contributed by atoms with E-state index in [0.29, 0.717) is 11.8 Å². The lowest BCUT2D eigenvalue weighted by Gasteiger charge is -2.18. The molecular weight excluding hydrogens is 414 g/mol. The summed E-state index contributed by atoms with van der Waals surface area (Å²) in [4.78, 5) is 29.4. The van der Waals surface area contributed by atoms with Crippen LogP contribution < -0.4 is 10.2 Å². The van der Waals surface area contributed by atoms with Gasteiger partial charge in [0.15, 0.2) is 5.13 Å². The number of furan rings is 1. The van der Waals surface area contributed by atoms with Crippen LogP contribution in [0.5, 0.6) is 0 Å². The van der Waals surface area contributed by atoms with Crippen LogP contribution in [0.15, 0.2) is 52.0 Å². The number of amides is 2. The van der Waals surface area contributed by atoms with Crippen LogP contribution in [0.2, 0.25) is 0 Å². The van der Waals surface area contributed by atoms with Gasteiger partial charge < -0.3 is 9.73 Å². The third-order valence-corrected chi connectivity index (χ3v) is 4.67. The van der Waals surface area contributed by atoms with Gasteiger partial charge in [0.05, 0.1) is 24.2 Å². The predicted octanol–water partition coefficient (Wildman–Crippen LogP) is 3.92. The fraction of sp³-hybridized carbons (Fsp3) is 0.100. The molecule has 0 aliphatic heterocycles. The Morgan fingerprint density at radius 1 is 1.37 bits per heavy atom. The number of aromatic nitrogens is 1. The van der Waals surface area contributed by atoms with E-state index in [9.17, 15) is 23.6 Å². The van der Waals surface area contributed by atoms with Gasteiger partial charge in [0.2, 0.25) is 5.91 Å². The highest BCUT2D eigenvalue weighted by molar-refractivity contribution is 7.14. The molecule has 2 amide bonds. The van der Waals surface area contributed by atoms with Crippen LogP contribution in [0.1, 0.15) is 18.4 Å². The first kappa shape index (κ1) is 20.9. The van der Waals surface area contributed by atoms with Gasteiger partial charge in [-0.3, -0.25) is 14.5 Å². The summed E-state index contributed by atoms with van der Waals surface area (Å²) in [5.74, 6) is -2.34. The summed E-state index contributed by atoms with van der Waals surface area (Å²) in [5.41, 5.74) is -0.139. The van der Waals surface area contributed by atoms with E-state index in [-0.39, 0.29) is 28.6 Å². The second kappa shape index (κ2) is 9.11. The second-order valence-electron chi connectivity index (χ2n) is 5.94. The normalized spacial score (nSPS) is 11.1. The molecular formula is C20H14F2N4O3S. The van der Waals surface area contributed by atoms with Gasteiger partial charge in [0.1, 0.15) is 29.0 Å². The lowest BCUT2D eigenvalue weighted by atomic mass is 10.2. The smallest absolute Gasteiger partial charge is 0.262 e. The van der Waals surface area contributed by atoms with E-state index >= 15 is 0 Å². The van der Waals surface area contributed by atoms with Gasteiger partial charge >= 0.3 is 0 Å². The number of carbonyl (C=O) groups excluding carboxylic acids is 2. The number of hydrogen-bond acceptors (Lipinski definition) is 6. The Bertz CT molecular complexity index is 1150. The van der Waals surface area contributed by atoms with E-state index in [0.717, 1.165) is 28.4 Å². The van der Waals surface area contributed by atoms with Gasteiger partial charge in [-0.2, -0.15) is 5.26 Å². The summed E-state index contributed by atoms with van der Waals surface area (Å²) < 4.78 is 32.5. The summed E-state index contributed by atoms with van der Waals surface area (Å²) in [7, 11) is 0. The number of nitrogens with one attached hydrogen (secondary N) is 1. The minimum absolute atomic E-state index is 0.104. The molecule has 0 aliphatic rings. The van der Waals surface area contributed by atoms with Crippen molar-refractivity contribution in [1.29, 1.82) is 5.26 Å². The highest BCUT2D eigenvalue weighted by Gasteiger charge is 2.21. The van der Waals surface area contributed by atoms with Crippen LogP contribution in [0.4, 0.5) is 19.6 Å². The summed E-state index contributed by atoms with van der Waals surface area (Å²) in [6.07, 6.45) is 2.71. The van der Waals surface area contributed by atoms with Crippen molar-refractivity contribution in [3.8, 4) is 6.07 Å². The topological polar surface area (TPSA) is 99.2 Å². The van der Waals surface area contributed by atoms with Gasteiger partial charge in [-0.05, 0) is 30.3 Å². The van der Waals surface area contributed by atoms with Crippen molar-refractivity contribution in [3.63, 3.8) is 0 Å². The molecule has 2 heterocycles. The molecule has 0 aliphatic carbocycles. The zero-order valence-corrected chi connectivity index (χ0v) is 16.4. The Morgan fingerprint density at radius 3 is 2.80 bits per heavy atom. The largest absolute Gasteiger partial charge is 0.467 e.